The van der Waals surface area contributed by atoms with Crippen LogP contribution in [-0.2, 0) is 13.1 Å². The summed E-state index contributed by atoms with van der Waals surface area (Å²) >= 11 is 0. The topological polar surface area (TPSA) is 74.6 Å². The van der Waals surface area contributed by atoms with Crippen LogP contribution in [0.25, 0.3) is 0 Å². The van der Waals surface area contributed by atoms with Gasteiger partial charge in [-0.2, -0.15) is 5.10 Å². The summed E-state index contributed by atoms with van der Waals surface area (Å²) < 4.78 is 17.7. The van der Waals surface area contributed by atoms with Gasteiger partial charge in [-0.1, -0.05) is 0 Å². The highest BCUT2D eigenvalue weighted by Crippen LogP contribution is 2.39. The second-order valence-electron chi connectivity index (χ2n) is 5.16. The van der Waals surface area contributed by atoms with Gasteiger partial charge < -0.3 is 19.5 Å². The summed E-state index contributed by atoms with van der Waals surface area (Å²) in [5, 5.41) is 7.26. The predicted molar refractivity (Wildman–Crippen MR) is 89.9 cm³/mol. The quantitative estimate of drug-likeness (QED) is 0.840. The second kappa shape index (κ2) is 7.72. The van der Waals surface area contributed by atoms with Crippen molar-refractivity contribution in [1.29, 1.82) is 0 Å². The van der Waals surface area contributed by atoms with Crippen LogP contribution in [0.5, 0.6) is 17.2 Å². The van der Waals surface area contributed by atoms with Crippen LogP contribution >= 0.6 is 0 Å². The summed E-state index contributed by atoms with van der Waals surface area (Å²) in [5.74, 6) is 0.986. The lowest BCUT2D eigenvalue weighted by atomic mass is 10.1. The summed E-state index contributed by atoms with van der Waals surface area (Å²) in [7, 11) is 4.53. The smallest absolute Gasteiger partial charge is 0.255 e. The fourth-order valence-electron chi connectivity index (χ4n) is 2.45. The van der Waals surface area contributed by atoms with Crippen molar-refractivity contribution < 1.29 is 19.0 Å². The highest BCUT2D eigenvalue weighted by molar-refractivity contribution is 5.98. The number of hydrogen-bond acceptors (Lipinski definition) is 5. The molecule has 0 spiro atoms. The fraction of sp³-hybridized carbons (Fsp3) is 0.412. The number of nitrogens with zero attached hydrogens (tertiary/aromatic N) is 2. The molecule has 1 heterocycles. The van der Waals surface area contributed by atoms with Gasteiger partial charge >= 0.3 is 0 Å². The minimum atomic E-state index is -0.253. The van der Waals surface area contributed by atoms with Gasteiger partial charge in [0.15, 0.2) is 11.5 Å². The number of nitrogens with one attached hydrogen (secondary N) is 1. The van der Waals surface area contributed by atoms with Crippen molar-refractivity contribution in [3.8, 4) is 17.2 Å². The van der Waals surface area contributed by atoms with Gasteiger partial charge in [-0.15, -0.1) is 0 Å². The SMILES string of the molecule is CCn1cc(CNC(=O)c2ccc(OC)c(OC)c2OC)c(C)n1. The van der Waals surface area contributed by atoms with Crippen LogP contribution in [0.1, 0.15) is 28.5 Å². The molecule has 0 aliphatic heterocycles. The van der Waals surface area contributed by atoms with Crippen LogP contribution in [0.2, 0.25) is 0 Å². The first-order valence-electron chi connectivity index (χ1n) is 7.65. The summed E-state index contributed by atoms with van der Waals surface area (Å²) in [4.78, 5) is 12.5. The zero-order valence-corrected chi connectivity index (χ0v) is 14.7. The molecular weight excluding hydrogens is 310 g/mol. The first kappa shape index (κ1) is 17.7. The Morgan fingerprint density at radius 3 is 2.42 bits per heavy atom. The number of amides is 1. The Balaban J connectivity index is 2.21. The van der Waals surface area contributed by atoms with Gasteiger partial charge in [0, 0.05) is 24.8 Å². The molecule has 1 N–H and O–H groups in total. The van der Waals surface area contributed by atoms with Gasteiger partial charge in [0.05, 0.1) is 32.6 Å². The van der Waals surface area contributed by atoms with Gasteiger partial charge in [-0.3, -0.25) is 9.48 Å². The monoisotopic (exact) mass is 333 g/mol. The first-order valence-corrected chi connectivity index (χ1v) is 7.65. The number of methoxy groups -OCH3 is 3. The van der Waals surface area contributed by atoms with Crippen LogP contribution in [0.3, 0.4) is 0 Å². The van der Waals surface area contributed by atoms with Crippen LogP contribution in [-0.4, -0.2) is 37.0 Å². The molecule has 0 saturated carbocycles. The zero-order chi connectivity index (χ0) is 17.7. The van der Waals surface area contributed by atoms with Crippen LogP contribution in [0.15, 0.2) is 18.3 Å². The molecule has 0 aliphatic carbocycles. The van der Waals surface area contributed by atoms with Crippen molar-refractivity contribution in [2.45, 2.75) is 26.9 Å². The minimum Gasteiger partial charge on any atom is -0.493 e. The third-order valence-electron chi connectivity index (χ3n) is 3.76. The third-order valence-corrected chi connectivity index (χ3v) is 3.76. The van der Waals surface area contributed by atoms with E-state index in [4.69, 9.17) is 14.2 Å². The van der Waals surface area contributed by atoms with Crippen LogP contribution in [0, 0.1) is 6.92 Å². The Morgan fingerprint density at radius 1 is 1.17 bits per heavy atom. The molecule has 7 nitrogen and oxygen atoms in total. The number of carbonyl (C=O) groups excluding carboxylic acids is 1. The first-order chi connectivity index (χ1) is 11.5. The van der Waals surface area contributed by atoms with Crippen molar-refractivity contribution in [1.82, 2.24) is 15.1 Å². The Kier molecular flexibility index (Phi) is 5.68. The molecule has 0 bridgehead atoms. The second-order valence-corrected chi connectivity index (χ2v) is 5.16. The number of hydrogen-bond donors (Lipinski definition) is 1. The van der Waals surface area contributed by atoms with Crippen molar-refractivity contribution in [3.63, 3.8) is 0 Å². The van der Waals surface area contributed by atoms with E-state index in [1.54, 1.807) is 12.1 Å². The lowest BCUT2D eigenvalue weighted by Gasteiger charge is -2.15. The maximum absolute atomic E-state index is 12.5. The number of ether oxygens (including phenoxy) is 3. The molecule has 0 radical (unpaired) electrons. The third kappa shape index (κ3) is 3.45. The molecule has 0 fully saturated rings. The van der Waals surface area contributed by atoms with Gasteiger partial charge in [0.2, 0.25) is 5.75 Å². The van der Waals surface area contributed by atoms with Crippen molar-refractivity contribution in [3.05, 3.63) is 35.2 Å². The molecule has 2 rings (SSSR count). The molecule has 1 amide bonds. The maximum atomic E-state index is 12.5. The summed E-state index contributed by atoms with van der Waals surface area (Å²) in [6, 6.07) is 3.33. The number of benzene rings is 1. The summed E-state index contributed by atoms with van der Waals surface area (Å²) in [5.41, 5.74) is 2.26. The van der Waals surface area contributed by atoms with Crippen molar-refractivity contribution >= 4 is 5.91 Å². The molecule has 1 aromatic carbocycles. The minimum absolute atomic E-state index is 0.253. The van der Waals surface area contributed by atoms with Gasteiger partial charge in [0.1, 0.15) is 0 Å². The summed E-state index contributed by atoms with van der Waals surface area (Å²) in [6.07, 6.45) is 1.93. The van der Waals surface area contributed by atoms with Crippen molar-refractivity contribution in [2.75, 3.05) is 21.3 Å². The van der Waals surface area contributed by atoms with E-state index in [-0.39, 0.29) is 5.91 Å². The molecular formula is C17H23N3O4. The molecule has 2 aromatic rings. The van der Waals surface area contributed by atoms with E-state index in [2.05, 4.69) is 10.4 Å². The Hall–Kier alpha value is -2.70. The van der Waals surface area contributed by atoms with Gasteiger partial charge in [0.25, 0.3) is 5.91 Å². The lowest BCUT2D eigenvalue weighted by molar-refractivity contribution is 0.0947. The molecule has 0 atom stereocenters. The van der Waals surface area contributed by atoms with Gasteiger partial charge in [-0.25, -0.2) is 0 Å². The Morgan fingerprint density at radius 2 is 1.88 bits per heavy atom. The molecule has 0 aliphatic rings. The molecule has 1 aromatic heterocycles. The van der Waals surface area contributed by atoms with Crippen LogP contribution < -0.4 is 19.5 Å². The fourth-order valence-corrected chi connectivity index (χ4v) is 2.45. The van der Waals surface area contributed by atoms with E-state index >= 15 is 0 Å². The number of aromatic nitrogens is 2. The number of aryl methyl sites for hydroxylation is 2. The summed E-state index contributed by atoms with van der Waals surface area (Å²) in [6.45, 7) is 5.12. The normalized spacial score (nSPS) is 10.4. The largest absolute Gasteiger partial charge is 0.493 e. The maximum Gasteiger partial charge on any atom is 0.255 e. The molecule has 0 unspecified atom stereocenters. The predicted octanol–water partition coefficient (Wildman–Crippen LogP) is 2.17. The Bertz CT molecular complexity index is 725. The van der Waals surface area contributed by atoms with Crippen molar-refractivity contribution in [2.24, 2.45) is 0 Å². The molecule has 24 heavy (non-hydrogen) atoms. The highest BCUT2D eigenvalue weighted by atomic mass is 16.5. The van der Waals surface area contributed by atoms with Crippen LogP contribution in [0.4, 0.5) is 0 Å². The van der Waals surface area contributed by atoms with E-state index in [0.717, 1.165) is 17.8 Å². The average molecular weight is 333 g/mol. The lowest BCUT2D eigenvalue weighted by Crippen LogP contribution is -2.23. The van der Waals surface area contributed by atoms with E-state index in [0.29, 0.717) is 29.4 Å². The van der Waals surface area contributed by atoms with E-state index in [1.165, 1.54) is 21.3 Å². The number of carbonyl (C=O) groups is 1. The molecule has 130 valence electrons. The van der Waals surface area contributed by atoms with E-state index in [9.17, 15) is 4.79 Å². The zero-order valence-electron chi connectivity index (χ0n) is 14.7. The van der Waals surface area contributed by atoms with Gasteiger partial charge in [-0.05, 0) is 26.0 Å². The number of rotatable bonds is 7. The Labute approximate surface area is 141 Å². The van der Waals surface area contributed by atoms with E-state index in [1.807, 2.05) is 24.7 Å². The van der Waals surface area contributed by atoms with E-state index < -0.39 is 0 Å². The highest BCUT2D eigenvalue weighted by Gasteiger charge is 2.20. The standard InChI is InChI=1S/C17H23N3O4/c1-6-20-10-12(11(2)19-20)9-18-17(21)13-7-8-14(22-3)16(24-5)15(13)23-4/h7-8,10H,6,9H2,1-5H3,(H,18,21). The molecule has 7 heteroatoms. The molecule has 0 saturated heterocycles. The average Bonchev–Trinajstić information content (AvgIpc) is 2.97.